The molecule has 1 fully saturated rings. The van der Waals surface area contributed by atoms with Crippen LogP contribution in [0.25, 0.3) is 0 Å². The summed E-state index contributed by atoms with van der Waals surface area (Å²) in [5.74, 6) is -1.36. The van der Waals surface area contributed by atoms with Gasteiger partial charge in [0.25, 0.3) is 17.7 Å². The van der Waals surface area contributed by atoms with Gasteiger partial charge in [-0.15, -0.1) is 0 Å². The number of morpholine rings is 1. The molecule has 32 heavy (non-hydrogen) atoms. The second-order valence-corrected chi connectivity index (χ2v) is 9.61. The lowest BCUT2D eigenvalue weighted by atomic mass is 10.1. The van der Waals surface area contributed by atoms with Crippen molar-refractivity contribution in [1.82, 2.24) is 14.5 Å². The molecule has 168 valence electrons. The molecule has 0 spiro atoms. The standard InChI is InChI=1S/C22H23N3O6S/c26-20(23-8-13-32(29,30)24-9-11-31-12-10-24)17-5-3-4-16(14-17)15-25-21(27)18-6-1-2-7-19(18)22(25)28/h1-7,14H,8-13,15H2,(H,23,26). The lowest BCUT2D eigenvalue weighted by Gasteiger charge is -2.26. The molecule has 0 radical (unpaired) electrons. The minimum absolute atomic E-state index is 0.0266. The van der Waals surface area contributed by atoms with Gasteiger partial charge in [-0.25, -0.2) is 8.42 Å². The highest BCUT2D eigenvalue weighted by atomic mass is 32.2. The fourth-order valence-corrected chi connectivity index (χ4v) is 5.05. The van der Waals surface area contributed by atoms with Gasteiger partial charge < -0.3 is 10.1 Å². The minimum Gasteiger partial charge on any atom is -0.379 e. The Morgan fingerprint density at radius 1 is 0.969 bits per heavy atom. The van der Waals surface area contributed by atoms with Crippen LogP contribution in [-0.2, 0) is 21.3 Å². The van der Waals surface area contributed by atoms with Crippen LogP contribution in [0.1, 0.15) is 36.6 Å². The summed E-state index contributed by atoms with van der Waals surface area (Å²) in [7, 11) is -3.47. The first kappa shape index (κ1) is 22.1. The Hall–Kier alpha value is -3.08. The molecule has 0 aromatic heterocycles. The van der Waals surface area contributed by atoms with E-state index in [1.54, 1.807) is 48.5 Å². The van der Waals surface area contributed by atoms with Gasteiger partial charge in [0, 0.05) is 25.2 Å². The van der Waals surface area contributed by atoms with E-state index in [4.69, 9.17) is 4.74 Å². The van der Waals surface area contributed by atoms with Crippen LogP contribution in [0.4, 0.5) is 0 Å². The largest absolute Gasteiger partial charge is 0.379 e. The summed E-state index contributed by atoms with van der Waals surface area (Å²) in [4.78, 5) is 38.8. The number of carbonyl (C=O) groups excluding carboxylic acids is 3. The predicted molar refractivity (Wildman–Crippen MR) is 116 cm³/mol. The van der Waals surface area contributed by atoms with Crippen molar-refractivity contribution in [3.05, 3.63) is 70.8 Å². The summed E-state index contributed by atoms with van der Waals surface area (Å²) in [5, 5.41) is 2.62. The second kappa shape index (κ2) is 9.19. The van der Waals surface area contributed by atoms with Crippen LogP contribution >= 0.6 is 0 Å². The Balaban J connectivity index is 1.36. The van der Waals surface area contributed by atoms with E-state index in [-0.39, 0.29) is 30.7 Å². The zero-order chi connectivity index (χ0) is 22.7. The average molecular weight is 458 g/mol. The molecule has 2 aromatic rings. The maximum atomic E-state index is 12.6. The topological polar surface area (TPSA) is 113 Å². The smallest absolute Gasteiger partial charge is 0.261 e. The van der Waals surface area contributed by atoms with Crippen LogP contribution in [0.15, 0.2) is 48.5 Å². The lowest BCUT2D eigenvalue weighted by molar-refractivity contribution is 0.0642. The van der Waals surface area contributed by atoms with E-state index in [9.17, 15) is 22.8 Å². The second-order valence-electron chi connectivity index (χ2n) is 7.53. The van der Waals surface area contributed by atoms with Gasteiger partial charge in [0.05, 0.1) is 36.6 Å². The van der Waals surface area contributed by atoms with Gasteiger partial charge >= 0.3 is 0 Å². The number of benzene rings is 2. The number of hydrogen-bond donors (Lipinski definition) is 1. The molecule has 9 nitrogen and oxygen atoms in total. The Morgan fingerprint density at radius 2 is 1.62 bits per heavy atom. The van der Waals surface area contributed by atoms with Crippen molar-refractivity contribution in [3.8, 4) is 0 Å². The van der Waals surface area contributed by atoms with Gasteiger partial charge in [0.15, 0.2) is 0 Å². The number of hydrogen-bond acceptors (Lipinski definition) is 6. The summed E-state index contributed by atoms with van der Waals surface area (Å²) < 4.78 is 31.2. The molecule has 1 N–H and O–H groups in total. The van der Waals surface area contributed by atoms with Crippen molar-refractivity contribution in [2.24, 2.45) is 0 Å². The van der Waals surface area contributed by atoms with Crippen molar-refractivity contribution in [2.45, 2.75) is 6.54 Å². The van der Waals surface area contributed by atoms with Gasteiger partial charge in [-0.05, 0) is 29.8 Å². The van der Waals surface area contributed by atoms with Gasteiger partial charge in [-0.2, -0.15) is 4.31 Å². The zero-order valence-corrected chi connectivity index (χ0v) is 18.1. The Kier molecular flexibility index (Phi) is 6.35. The molecule has 0 saturated carbocycles. The summed E-state index contributed by atoms with van der Waals surface area (Å²) in [5.41, 5.74) is 1.68. The van der Waals surface area contributed by atoms with Crippen LogP contribution in [0.3, 0.4) is 0 Å². The van der Waals surface area contributed by atoms with Gasteiger partial charge in [-0.1, -0.05) is 24.3 Å². The Bertz CT molecular complexity index is 1120. The highest BCUT2D eigenvalue weighted by Crippen LogP contribution is 2.24. The molecule has 3 amide bonds. The molecule has 0 bridgehead atoms. The van der Waals surface area contributed by atoms with Crippen LogP contribution in [-0.4, -0.2) is 73.9 Å². The number of sulfonamides is 1. The Morgan fingerprint density at radius 3 is 2.28 bits per heavy atom. The third kappa shape index (κ3) is 4.57. The average Bonchev–Trinajstić information content (AvgIpc) is 3.05. The van der Waals surface area contributed by atoms with Crippen molar-refractivity contribution in [2.75, 3.05) is 38.6 Å². The molecule has 2 aliphatic heterocycles. The van der Waals surface area contributed by atoms with Crippen molar-refractivity contribution in [3.63, 3.8) is 0 Å². The first-order chi connectivity index (χ1) is 15.4. The third-order valence-electron chi connectivity index (χ3n) is 5.42. The van der Waals surface area contributed by atoms with E-state index in [2.05, 4.69) is 5.32 Å². The first-order valence-corrected chi connectivity index (χ1v) is 11.9. The molecule has 0 aliphatic carbocycles. The fourth-order valence-electron chi connectivity index (χ4n) is 3.73. The summed E-state index contributed by atoms with van der Waals surface area (Å²) in [6.45, 7) is 1.38. The van der Waals surface area contributed by atoms with Crippen LogP contribution < -0.4 is 5.32 Å². The number of amides is 3. The highest BCUT2D eigenvalue weighted by Gasteiger charge is 2.35. The quantitative estimate of drug-likeness (QED) is 0.618. The van der Waals surface area contributed by atoms with Gasteiger partial charge in [0.2, 0.25) is 10.0 Å². The number of fused-ring (bicyclic) bond motifs is 1. The van der Waals surface area contributed by atoms with E-state index in [0.717, 1.165) is 4.90 Å². The summed E-state index contributed by atoms with van der Waals surface area (Å²) in [6, 6.07) is 13.2. The van der Waals surface area contributed by atoms with Gasteiger partial charge in [-0.3, -0.25) is 19.3 Å². The maximum absolute atomic E-state index is 12.6. The molecule has 0 unspecified atom stereocenters. The summed E-state index contributed by atoms with van der Waals surface area (Å²) >= 11 is 0. The molecule has 10 heteroatoms. The van der Waals surface area contributed by atoms with Crippen LogP contribution in [0.5, 0.6) is 0 Å². The number of nitrogens with one attached hydrogen (secondary N) is 1. The monoisotopic (exact) mass is 457 g/mol. The fraction of sp³-hybridized carbons (Fsp3) is 0.318. The Labute approximate surface area is 186 Å². The minimum atomic E-state index is -3.47. The van der Waals surface area contributed by atoms with Crippen LogP contribution in [0.2, 0.25) is 0 Å². The number of nitrogens with zero attached hydrogens (tertiary/aromatic N) is 2. The van der Waals surface area contributed by atoms with E-state index in [0.29, 0.717) is 48.6 Å². The van der Waals surface area contributed by atoms with E-state index in [1.165, 1.54) is 4.31 Å². The molecular formula is C22H23N3O6S. The number of ether oxygens (including phenoxy) is 1. The molecule has 0 atom stereocenters. The molecule has 2 heterocycles. The summed E-state index contributed by atoms with van der Waals surface area (Å²) in [6.07, 6.45) is 0. The number of rotatable bonds is 7. The first-order valence-electron chi connectivity index (χ1n) is 10.2. The molecule has 2 aliphatic rings. The zero-order valence-electron chi connectivity index (χ0n) is 17.3. The third-order valence-corrected chi connectivity index (χ3v) is 7.29. The number of carbonyl (C=O) groups is 3. The number of imide groups is 1. The lowest BCUT2D eigenvalue weighted by Crippen LogP contribution is -2.43. The SMILES string of the molecule is O=C(NCCS(=O)(=O)N1CCOCC1)c1cccc(CN2C(=O)c3ccccc3C2=O)c1. The van der Waals surface area contributed by atoms with Gasteiger partial charge in [0.1, 0.15) is 0 Å². The highest BCUT2D eigenvalue weighted by molar-refractivity contribution is 7.89. The maximum Gasteiger partial charge on any atom is 0.261 e. The van der Waals surface area contributed by atoms with Crippen molar-refractivity contribution in [1.29, 1.82) is 0 Å². The molecular weight excluding hydrogens is 434 g/mol. The normalized spacial score (nSPS) is 16.8. The van der Waals surface area contributed by atoms with E-state index >= 15 is 0 Å². The predicted octanol–water partition coefficient (Wildman–Crippen LogP) is 0.875. The van der Waals surface area contributed by atoms with Crippen LogP contribution in [0, 0.1) is 0 Å². The molecule has 1 saturated heterocycles. The van der Waals surface area contributed by atoms with E-state index in [1.807, 2.05) is 0 Å². The van der Waals surface area contributed by atoms with Crippen molar-refractivity contribution < 1.29 is 27.5 Å². The van der Waals surface area contributed by atoms with E-state index < -0.39 is 15.9 Å². The molecule has 4 rings (SSSR count). The van der Waals surface area contributed by atoms with Crippen molar-refractivity contribution >= 4 is 27.7 Å². The molecule has 2 aromatic carbocycles.